The van der Waals surface area contributed by atoms with Gasteiger partial charge < -0.3 is 0 Å². The zero-order valence-electron chi connectivity index (χ0n) is 12.2. The number of nitrogens with zero attached hydrogens (tertiary/aromatic N) is 1. The Morgan fingerprint density at radius 3 is 2.26 bits per heavy atom. The Labute approximate surface area is 132 Å². The highest BCUT2D eigenvalue weighted by Gasteiger charge is 2.32. The minimum Gasteiger partial charge on any atom is -0.250 e. The molecule has 8 heteroatoms. The summed E-state index contributed by atoms with van der Waals surface area (Å²) < 4.78 is 64.5. The van der Waals surface area contributed by atoms with Crippen LogP contribution in [0.1, 0.15) is 30.6 Å². The highest BCUT2D eigenvalue weighted by molar-refractivity contribution is 7.89. The molecule has 1 heterocycles. The lowest BCUT2D eigenvalue weighted by atomic mass is 10.1. The van der Waals surface area contributed by atoms with E-state index < -0.39 is 27.9 Å². The summed E-state index contributed by atoms with van der Waals surface area (Å²) in [7, 11) is -3.96. The summed E-state index contributed by atoms with van der Waals surface area (Å²) in [5, 5.41) is 0. The average molecular weight is 344 g/mol. The van der Waals surface area contributed by atoms with Gasteiger partial charge in [-0.1, -0.05) is 37.3 Å². The molecule has 0 aliphatic heterocycles. The van der Waals surface area contributed by atoms with Crippen molar-refractivity contribution in [1.82, 2.24) is 9.71 Å². The molecular formula is C15H15F3N2O2S. The van der Waals surface area contributed by atoms with E-state index in [4.69, 9.17) is 0 Å². The van der Waals surface area contributed by atoms with Gasteiger partial charge in [-0.25, -0.2) is 13.1 Å². The number of pyridine rings is 1. The van der Waals surface area contributed by atoms with Crippen molar-refractivity contribution in [3.8, 4) is 0 Å². The lowest BCUT2D eigenvalue weighted by molar-refractivity contribution is -0.141. The molecule has 1 aromatic carbocycles. The Bertz CT molecular complexity index is 745. The monoisotopic (exact) mass is 344 g/mol. The van der Waals surface area contributed by atoms with E-state index in [-0.39, 0.29) is 4.90 Å². The molecule has 2 aromatic rings. The number of aromatic nitrogens is 1. The number of nitrogens with one attached hydrogen (secondary N) is 1. The van der Waals surface area contributed by atoms with Crippen LogP contribution in [0.25, 0.3) is 0 Å². The molecule has 0 fully saturated rings. The molecule has 0 saturated heterocycles. The maximum absolute atomic E-state index is 12.5. The molecule has 1 unspecified atom stereocenters. The maximum Gasteiger partial charge on any atom is 0.433 e. The molecular weight excluding hydrogens is 329 g/mol. The number of hydrogen-bond donors (Lipinski definition) is 1. The van der Waals surface area contributed by atoms with Gasteiger partial charge in [-0.3, -0.25) is 4.98 Å². The van der Waals surface area contributed by atoms with E-state index in [1.807, 2.05) is 13.0 Å². The third-order valence-corrected chi connectivity index (χ3v) is 4.70. The number of alkyl halides is 3. The van der Waals surface area contributed by atoms with Crippen LogP contribution in [0.3, 0.4) is 0 Å². The van der Waals surface area contributed by atoms with Crippen LogP contribution in [0, 0.1) is 0 Å². The minimum atomic E-state index is -4.61. The Hall–Kier alpha value is -1.93. The van der Waals surface area contributed by atoms with Crippen molar-refractivity contribution in [2.45, 2.75) is 30.5 Å². The lowest BCUT2D eigenvalue weighted by Gasteiger charge is -2.17. The van der Waals surface area contributed by atoms with Crippen LogP contribution in [0.5, 0.6) is 0 Å². The van der Waals surface area contributed by atoms with Crippen LogP contribution in [0.15, 0.2) is 53.6 Å². The topological polar surface area (TPSA) is 59.1 Å². The van der Waals surface area contributed by atoms with Crippen LogP contribution >= 0.6 is 0 Å². The smallest absolute Gasteiger partial charge is 0.250 e. The maximum atomic E-state index is 12.5. The molecule has 124 valence electrons. The second-order valence-electron chi connectivity index (χ2n) is 4.87. The molecule has 0 amide bonds. The van der Waals surface area contributed by atoms with Gasteiger partial charge in [-0.2, -0.15) is 13.2 Å². The second-order valence-corrected chi connectivity index (χ2v) is 6.58. The largest absolute Gasteiger partial charge is 0.433 e. The number of hydrogen-bond acceptors (Lipinski definition) is 3. The Balaban J connectivity index is 2.24. The highest BCUT2D eigenvalue weighted by atomic mass is 32.2. The Morgan fingerprint density at radius 1 is 1.13 bits per heavy atom. The van der Waals surface area contributed by atoms with Gasteiger partial charge in [0.15, 0.2) is 0 Å². The van der Waals surface area contributed by atoms with E-state index in [9.17, 15) is 21.6 Å². The predicted molar refractivity (Wildman–Crippen MR) is 79.0 cm³/mol. The first-order chi connectivity index (χ1) is 10.7. The van der Waals surface area contributed by atoms with Gasteiger partial charge >= 0.3 is 6.18 Å². The summed E-state index contributed by atoms with van der Waals surface area (Å²) in [5.41, 5.74) is -0.356. The molecule has 0 saturated carbocycles. The summed E-state index contributed by atoms with van der Waals surface area (Å²) >= 11 is 0. The fourth-order valence-corrected chi connectivity index (χ4v) is 3.29. The van der Waals surface area contributed by atoms with Crippen LogP contribution in [-0.4, -0.2) is 13.4 Å². The Morgan fingerprint density at radius 2 is 1.78 bits per heavy atom. The van der Waals surface area contributed by atoms with Crippen LogP contribution in [0.4, 0.5) is 13.2 Å². The normalized spacial score (nSPS) is 13.7. The fraction of sp³-hybridized carbons (Fsp3) is 0.267. The molecule has 1 N–H and O–H groups in total. The van der Waals surface area contributed by atoms with Crippen molar-refractivity contribution < 1.29 is 21.6 Å². The molecule has 23 heavy (non-hydrogen) atoms. The van der Waals surface area contributed by atoms with Crippen molar-refractivity contribution >= 4 is 10.0 Å². The van der Waals surface area contributed by atoms with Crippen molar-refractivity contribution in [2.75, 3.05) is 0 Å². The summed E-state index contributed by atoms with van der Waals surface area (Å²) in [6, 6.07) is 10.0. The molecule has 0 spiro atoms. The van der Waals surface area contributed by atoms with Crippen molar-refractivity contribution in [2.24, 2.45) is 0 Å². The van der Waals surface area contributed by atoms with Crippen LogP contribution in [-0.2, 0) is 16.2 Å². The molecule has 0 radical (unpaired) electrons. The van der Waals surface area contributed by atoms with Crippen molar-refractivity contribution in [3.63, 3.8) is 0 Å². The van der Waals surface area contributed by atoms with E-state index in [0.29, 0.717) is 18.7 Å². The van der Waals surface area contributed by atoms with Gasteiger partial charge in [0.2, 0.25) is 10.0 Å². The molecule has 2 rings (SSSR count). The van der Waals surface area contributed by atoms with E-state index in [2.05, 4.69) is 9.71 Å². The number of benzene rings is 1. The minimum absolute atomic E-state index is 0.306. The molecule has 0 aliphatic carbocycles. The van der Waals surface area contributed by atoms with E-state index in [1.54, 1.807) is 24.3 Å². The number of halogens is 3. The number of rotatable bonds is 5. The van der Waals surface area contributed by atoms with Crippen LogP contribution in [0.2, 0.25) is 0 Å². The molecule has 0 aliphatic rings. The van der Waals surface area contributed by atoms with E-state index in [0.717, 1.165) is 11.6 Å². The summed E-state index contributed by atoms with van der Waals surface area (Å²) in [6.07, 6.45) is -3.40. The van der Waals surface area contributed by atoms with Crippen molar-refractivity contribution in [3.05, 3.63) is 59.9 Å². The van der Waals surface area contributed by atoms with E-state index >= 15 is 0 Å². The molecule has 1 aromatic heterocycles. The molecule has 4 nitrogen and oxygen atoms in total. The summed E-state index contributed by atoms with van der Waals surface area (Å²) in [5.74, 6) is 0. The lowest BCUT2D eigenvalue weighted by Crippen LogP contribution is -2.28. The van der Waals surface area contributed by atoms with Gasteiger partial charge in [0.1, 0.15) is 10.6 Å². The standard InChI is InChI=1S/C15H15F3N2O2S/c1-2-13(11-6-4-3-5-7-11)20-23(21,22)12-8-9-14(19-10-12)15(16,17)18/h3-10,13,20H,2H2,1H3. The third-order valence-electron chi connectivity index (χ3n) is 3.24. The quantitative estimate of drug-likeness (QED) is 0.903. The SMILES string of the molecule is CCC(NS(=O)(=O)c1ccc(C(F)(F)F)nc1)c1ccccc1. The second kappa shape index (κ2) is 6.67. The summed E-state index contributed by atoms with van der Waals surface area (Å²) in [6.45, 7) is 1.81. The van der Waals surface area contributed by atoms with Crippen molar-refractivity contribution in [1.29, 1.82) is 0 Å². The van der Waals surface area contributed by atoms with E-state index in [1.165, 1.54) is 0 Å². The molecule has 0 bridgehead atoms. The van der Waals surface area contributed by atoms with Crippen LogP contribution < -0.4 is 4.72 Å². The third kappa shape index (κ3) is 4.29. The number of sulfonamides is 1. The predicted octanol–water partition coefficient (Wildman–Crippen LogP) is 3.53. The first kappa shape index (κ1) is 17.4. The fourth-order valence-electron chi connectivity index (χ4n) is 2.03. The van der Waals surface area contributed by atoms with Gasteiger partial charge in [0.05, 0.1) is 0 Å². The zero-order valence-corrected chi connectivity index (χ0v) is 13.0. The summed E-state index contributed by atoms with van der Waals surface area (Å²) in [4.78, 5) is 2.87. The first-order valence-electron chi connectivity index (χ1n) is 6.84. The average Bonchev–Trinajstić information content (AvgIpc) is 2.53. The van der Waals surface area contributed by atoms with Gasteiger partial charge in [0.25, 0.3) is 0 Å². The van der Waals surface area contributed by atoms with Gasteiger partial charge in [-0.15, -0.1) is 0 Å². The highest BCUT2D eigenvalue weighted by Crippen LogP contribution is 2.28. The Kier molecular flexibility index (Phi) is 5.06. The van der Waals surface area contributed by atoms with Gasteiger partial charge in [0, 0.05) is 12.2 Å². The molecule has 1 atom stereocenters. The zero-order chi connectivity index (χ0) is 17.1. The van der Waals surface area contributed by atoms with Gasteiger partial charge in [-0.05, 0) is 24.1 Å². The first-order valence-corrected chi connectivity index (χ1v) is 8.33.